The van der Waals surface area contributed by atoms with Gasteiger partial charge in [-0.05, 0) is 30.3 Å². The van der Waals surface area contributed by atoms with Crippen molar-refractivity contribution in [1.82, 2.24) is 19.6 Å². The van der Waals surface area contributed by atoms with Crippen molar-refractivity contribution in [3.63, 3.8) is 0 Å². The maximum absolute atomic E-state index is 14.1. The largest absolute Gasteiger partial charge is 0.329 e. The lowest BCUT2D eigenvalue weighted by atomic mass is 10.2. The molecule has 0 aliphatic heterocycles. The van der Waals surface area contributed by atoms with Crippen molar-refractivity contribution < 1.29 is 8.78 Å². The van der Waals surface area contributed by atoms with E-state index in [0.717, 1.165) is 0 Å². The van der Waals surface area contributed by atoms with Crippen LogP contribution in [-0.2, 0) is 0 Å². The molecule has 4 aromatic rings. The second-order valence-electron chi connectivity index (χ2n) is 5.41. The molecule has 0 fully saturated rings. The van der Waals surface area contributed by atoms with Gasteiger partial charge < -0.3 is 4.90 Å². The van der Waals surface area contributed by atoms with Gasteiger partial charge in [0.1, 0.15) is 23.8 Å². The Morgan fingerprint density at radius 3 is 2.72 bits per heavy atom. The Morgan fingerprint density at radius 2 is 1.96 bits per heavy atom. The second kappa shape index (κ2) is 5.89. The Bertz CT molecular complexity index is 1110. The molecule has 2 heterocycles. The zero-order valence-corrected chi connectivity index (χ0v) is 15.1. The quantitative estimate of drug-likeness (QED) is 0.466. The predicted octanol–water partition coefficient (Wildman–Crippen LogP) is 4.74. The summed E-state index contributed by atoms with van der Waals surface area (Å²) in [7, 11) is 1.71. The Labute approximate surface area is 154 Å². The van der Waals surface area contributed by atoms with Gasteiger partial charge in [0.15, 0.2) is 0 Å². The summed E-state index contributed by atoms with van der Waals surface area (Å²) in [6, 6.07) is 7.23. The SMILES string of the molecule is CN(c1cc(F)cc(Br)c1)c1nc2nncn2c2cc(Cl)c(F)cc12. The normalized spacial score (nSPS) is 11.4. The fraction of sp³-hybridized carbons (Fsp3) is 0.0625. The minimum atomic E-state index is -0.571. The van der Waals surface area contributed by atoms with Gasteiger partial charge in [-0.1, -0.05) is 27.5 Å². The third-order valence-corrected chi connectivity index (χ3v) is 4.57. The highest BCUT2D eigenvalue weighted by atomic mass is 79.9. The molecule has 5 nitrogen and oxygen atoms in total. The highest BCUT2D eigenvalue weighted by Gasteiger charge is 2.17. The fourth-order valence-corrected chi connectivity index (χ4v) is 3.27. The number of halogens is 4. The van der Waals surface area contributed by atoms with E-state index in [1.54, 1.807) is 22.4 Å². The van der Waals surface area contributed by atoms with Crippen LogP contribution in [0, 0.1) is 11.6 Å². The zero-order chi connectivity index (χ0) is 17.7. The van der Waals surface area contributed by atoms with Crippen LogP contribution in [0.2, 0.25) is 5.02 Å². The third kappa shape index (κ3) is 2.71. The minimum Gasteiger partial charge on any atom is -0.329 e. The van der Waals surface area contributed by atoms with E-state index >= 15 is 0 Å². The van der Waals surface area contributed by atoms with Gasteiger partial charge in [0.05, 0.1) is 10.5 Å². The fourth-order valence-electron chi connectivity index (χ4n) is 2.66. The summed E-state index contributed by atoms with van der Waals surface area (Å²) in [6.07, 6.45) is 1.47. The minimum absolute atomic E-state index is 0.0178. The Hall–Kier alpha value is -2.32. The molecule has 0 amide bonds. The van der Waals surface area contributed by atoms with Crippen LogP contribution in [0.4, 0.5) is 20.3 Å². The Morgan fingerprint density at radius 1 is 1.16 bits per heavy atom. The summed E-state index contributed by atoms with van der Waals surface area (Å²) in [5, 5.41) is 8.26. The summed E-state index contributed by atoms with van der Waals surface area (Å²) < 4.78 is 30.0. The zero-order valence-electron chi connectivity index (χ0n) is 12.7. The van der Waals surface area contributed by atoms with Crippen LogP contribution >= 0.6 is 27.5 Å². The first kappa shape index (κ1) is 16.2. The first-order chi connectivity index (χ1) is 11.9. The number of hydrogen-bond acceptors (Lipinski definition) is 4. The van der Waals surface area contributed by atoms with Crippen molar-refractivity contribution in [1.29, 1.82) is 0 Å². The molecule has 0 N–H and O–H groups in total. The topological polar surface area (TPSA) is 46.3 Å². The van der Waals surface area contributed by atoms with Gasteiger partial charge in [0, 0.05) is 22.6 Å². The van der Waals surface area contributed by atoms with E-state index in [0.29, 0.717) is 32.7 Å². The summed E-state index contributed by atoms with van der Waals surface area (Å²) in [5.74, 6) is -0.243. The lowest BCUT2D eigenvalue weighted by Crippen LogP contribution is -2.13. The van der Waals surface area contributed by atoms with E-state index in [1.165, 1.54) is 30.6 Å². The highest BCUT2D eigenvalue weighted by Crippen LogP contribution is 2.33. The van der Waals surface area contributed by atoms with E-state index < -0.39 is 11.6 Å². The first-order valence-corrected chi connectivity index (χ1v) is 8.29. The number of benzene rings is 2. The van der Waals surface area contributed by atoms with E-state index in [1.807, 2.05) is 0 Å². The maximum atomic E-state index is 14.1. The number of nitrogens with zero attached hydrogens (tertiary/aromatic N) is 5. The Kier molecular flexibility index (Phi) is 3.81. The van der Waals surface area contributed by atoms with Gasteiger partial charge in [0.25, 0.3) is 5.78 Å². The van der Waals surface area contributed by atoms with E-state index in [-0.39, 0.29) is 5.02 Å². The van der Waals surface area contributed by atoms with Gasteiger partial charge in [-0.3, -0.25) is 4.40 Å². The van der Waals surface area contributed by atoms with E-state index in [9.17, 15) is 8.78 Å². The van der Waals surface area contributed by atoms with Crippen LogP contribution in [0.3, 0.4) is 0 Å². The molecule has 126 valence electrons. The van der Waals surface area contributed by atoms with Crippen LogP contribution in [0.5, 0.6) is 0 Å². The molecule has 0 unspecified atom stereocenters. The molecule has 4 rings (SSSR count). The molecule has 0 atom stereocenters. The monoisotopic (exact) mass is 423 g/mol. The second-order valence-corrected chi connectivity index (χ2v) is 6.73. The molecule has 0 spiro atoms. The molecular weight excluding hydrogens is 416 g/mol. The average molecular weight is 425 g/mol. The summed E-state index contributed by atoms with van der Waals surface area (Å²) >= 11 is 9.19. The van der Waals surface area contributed by atoms with Crippen molar-refractivity contribution in [2.75, 3.05) is 11.9 Å². The standard InChI is InChI=1S/C16H9BrClF2N5/c1-24(10-3-8(17)2-9(19)4-10)15-11-5-13(20)12(18)6-14(11)25-7-21-23-16(25)22-15/h2-7H,1H3. The predicted molar refractivity (Wildman–Crippen MR) is 95.4 cm³/mol. The molecule has 0 saturated carbocycles. The van der Waals surface area contributed by atoms with Crippen LogP contribution in [-0.4, -0.2) is 26.6 Å². The lowest BCUT2D eigenvalue weighted by molar-refractivity contribution is 0.626. The molecule has 0 aliphatic rings. The van der Waals surface area contributed by atoms with Gasteiger partial charge >= 0.3 is 0 Å². The van der Waals surface area contributed by atoms with Gasteiger partial charge in [-0.2, -0.15) is 4.98 Å². The highest BCUT2D eigenvalue weighted by molar-refractivity contribution is 9.10. The molecule has 25 heavy (non-hydrogen) atoms. The number of rotatable bonds is 2. The van der Waals surface area contributed by atoms with Crippen molar-refractivity contribution in [3.8, 4) is 0 Å². The van der Waals surface area contributed by atoms with Gasteiger partial charge in [-0.25, -0.2) is 8.78 Å². The smallest absolute Gasteiger partial charge is 0.257 e. The molecule has 0 saturated heterocycles. The first-order valence-electron chi connectivity index (χ1n) is 7.12. The molecule has 0 bridgehead atoms. The van der Waals surface area contributed by atoms with Crippen LogP contribution in [0.1, 0.15) is 0 Å². The Balaban J connectivity index is 2.03. The van der Waals surface area contributed by atoms with Crippen LogP contribution < -0.4 is 4.90 Å². The third-order valence-electron chi connectivity index (χ3n) is 3.83. The summed E-state index contributed by atoms with van der Waals surface area (Å²) in [6.45, 7) is 0. The number of hydrogen-bond donors (Lipinski definition) is 0. The summed E-state index contributed by atoms with van der Waals surface area (Å²) in [5.41, 5.74) is 1.14. The van der Waals surface area contributed by atoms with Crippen LogP contribution in [0.15, 0.2) is 41.1 Å². The summed E-state index contributed by atoms with van der Waals surface area (Å²) in [4.78, 5) is 6.09. The maximum Gasteiger partial charge on any atom is 0.257 e. The van der Waals surface area contributed by atoms with Crippen molar-refractivity contribution in [2.45, 2.75) is 0 Å². The van der Waals surface area contributed by atoms with Crippen LogP contribution in [0.25, 0.3) is 16.7 Å². The number of aromatic nitrogens is 4. The van der Waals surface area contributed by atoms with Crippen molar-refractivity contribution in [3.05, 3.63) is 57.8 Å². The molecule has 9 heteroatoms. The number of anilines is 2. The number of fused-ring (bicyclic) bond motifs is 3. The van der Waals surface area contributed by atoms with E-state index in [4.69, 9.17) is 11.6 Å². The molecule has 0 radical (unpaired) electrons. The molecular formula is C16H9BrClF2N5. The van der Waals surface area contributed by atoms with Crippen molar-refractivity contribution in [2.24, 2.45) is 0 Å². The molecule has 0 aliphatic carbocycles. The van der Waals surface area contributed by atoms with Gasteiger partial charge in [0.2, 0.25) is 0 Å². The molecule has 2 aromatic carbocycles. The van der Waals surface area contributed by atoms with Gasteiger partial charge in [-0.15, -0.1) is 10.2 Å². The molecule has 2 aromatic heterocycles. The lowest BCUT2D eigenvalue weighted by Gasteiger charge is -2.21. The average Bonchev–Trinajstić information content (AvgIpc) is 3.02. The van der Waals surface area contributed by atoms with E-state index in [2.05, 4.69) is 31.1 Å². The van der Waals surface area contributed by atoms with Crippen molar-refractivity contribution >= 4 is 55.7 Å².